The molecule has 0 saturated heterocycles. The SMILES string of the molecule is N[C@@H](CNc1ncc(-c2ccc3cnncc3c2)s1)Cc1ccc(C(F)(F)F)cc1. The zero-order valence-corrected chi connectivity index (χ0v) is 16.5. The number of hydrogen-bond acceptors (Lipinski definition) is 6. The average molecular weight is 429 g/mol. The van der Waals surface area contributed by atoms with Gasteiger partial charge in [-0.05, 0) is 35.7 Å². The number of nitrogens with zero attached hydrogens (tertiary/aromatic N) is 3. The lowest BCUT2D eigenvalue weighted by Crippen LogP contribution is -2.31. The van der Waals surface area contributed by atoms with Crippen molar-refractivity contribution in [3.8, 4) is 10.4 Å². The van der Waals surface area contributed by atoms with Crippen molar-refractivity contribution >= 4 is 27.2 Å². The summed E-state index contributed by atoms with van der Waals surface area (Å²) in [5.74, 6) is 0. The summed E-state index contributed by atoms with van der Waals surface area (Å²) in [5.41, 5.74) is 7.28. The van der Waals surface area contributed by atoms with Gasteiger partial charge in [0.25, 0.3) is 0 Å². The summed E-state index contributed by atoms with van der Waals surface area (Å²) in [6, 6.07) is 10.9. The van der Waals surface area contributed by atoms with Crippen molar-refractivity contribution in [2.75, 3.05) is 11.9 Å². The molecule has 2 aromatic carbocycles. The molecule has 4 aromatic rings. The number of anilines is 1. The Morgan fingerprint density at radius 2 is 1.70 bits per heavy atom. The van der Waals surface area contributed by atoms with Crippen LogP contribution in [0.3, 0.4) is 0 Å². The zero-order chi connectivity index (χ0) is 21.1. The minimum absolute atomic E-state index is 0.256. The van der Waals surface area contributed by atoms with Crippen molar-refractivity contribution in [1.29, 1.82) is 0 Å². The molecular formula is C21H18F3N5S. The third-order valence-electron chi connectivity index (χ3n) is 4.63. The second-order valence-corrected chi connectivity index (χ2v) is 7.93. The maximum atomic E-state index is 12.6. The first kappa shape index (κ1) is 20.2. The fourth-order valence-corrected chi connectivity index (χ4v) is 3.88. The molecular weight excluding hydrogens is 411 g/mol. The number of hydrogen-bond donors (Lipinski definition) is 2. The monoisotopic (exact) mass is 429 g/mol. The van der Waals surface area contributed by atoms with Gasteiger partial charge in [-0.1, -0.05) is 35.6 Å². The number of aromatic nitrogens is 3. The number of halogens is 3. The topological polar surface area (TPSA) is 76.7 Å². The molecule has 0 bridgehead atoms. The molecule has 2 aromatic heterocycles. The summed E-state index contributed by atoms with van der Waals surface area (Å²) in [6.07, 6.45) is 1.37. The van der Waals surface area contributed by atoms with Gasteiger partial charge in [-0.3, -0.25) is 0 Å². The van der Waals surface area contributed by atoms with Crippen LogP contribution in [0.1, 0.15) is 11.1 Å². The van der Waals surface area contributed by atoms with Crippen LogP contribution in [0.5, 0.6) is 0 Å². The molecule has 0 radical (unpaired) electrons. The molecule has 0 aliphatic rings. The van der Waals surface area contributed by atoms with Crippen LogP contribution in [0.25, 0.3) is 21.2 Å². The van der Waals surface area contributed by atoms with E-state index in [1.165, 1.54) is 23.5 Å². The molecule has 3 N–H and O–H groups in total. The zero-order valence-electron chi connectivity index (χ0n) is 15.7. The van der Waals surface area contributed by atoms with E-state index in [0.717, 1.165) is 44.0 Å². The predicted molar refractivity (Wildman–Crippen MR) is 112 cm³/mol. The summed E-state index contributed by atoms with van der Waals surface area (Å²) >= 11 is 1.51. The van der Waals surface area contributed by atoms with E-state index in [-0.39, 0.29) is 6.04 Å². The third kappa shape index (κ3) is 4.74. The number of alkyl halides is 3. The highest BCUT2D eigenvalue weighted by Crippen LogP contribution is 2.31. The van der Waals surface area contributed by atoms with Crippen molar-refractivity contribution in [2.45, 2.75) is 18.6 Å². The van der Waals surface area contributed by atoms with E-state index in [0.29, 0.717) is 13.0 Å². The van der Waals surface area contributed by atoms with E-state index in [4.69, 9.17) is 5.73 Å². The van der Waals surface area contributed by atoms with Crippen LogP contribution in [-0.2, 0) is 12.6 Å². The Hall–Kier alpha value is -3.04. The van der Waals surface area contributed by atoms with Crippen molar-refractivity contribution in [3.05, 3.63) is 72.2 Å². The van der Waals surface area contributed by atoms with E-state index < -0.39 is 11.7 Å². The average Bonchev–Trinajstić information content (AvgIpc) is 3.21. The van der Waals surface area contributed by atoms with Crippen molar-refractivity contribution < 1.29 is 13.2 Å². The molecule has 0 aliphatic carbocycles. The number of rotatable bonds is 6. The Morgan fingerprint density at radius 3 is 2.43 bits per heavy atom. The Kier molecular flexibility index (Phi) is 5.65. The molecule has 0 saturated carbocycles. The van der Waals surface area contributed by atoms with Gasteiger partial charge in [-0.2, -0.15) is 23.4 Å². The van der Waals surface area contributed by atoms with E-state index in [2.05, 4.69) is 20.5 Å². The Bertz CT molecular complexity index is 1140. The minimum Gasteiger partial charge on any atom is -0.360 e. The lowest BCUT2D eigenvalue weighted by molar-refractivity contribution is -0.137. The number of nitrogens with two attached hydrogens (primary N) is 1. The first-order valence-electron chi connectivity index (χ1n) is 9.21. The molecule has 0 amide bonds. The van der Waals surface area contributed by atoms with Gasteiger partial charge in [0.15, 0.2) is 5.13 Å². The second-order valence-electron chi connectivity index (χ2n) is 6.90. The Morgan fingerprint density at radius 1 is 0.967 bits per heavy atom. The van der Waals surface area contributed by atoms with Crippen molar-refractivity contribution in [1.82, 2.24) is 15.2 Å². The summed E-state index contributed by atoms with van der Waals surface area (Å²) < 4.78 is 37.9. The minimum atomic E-state index is -4.33. The van der Waals surface area contributed by atoms with E-state index in [9.17, 15) is 13.2 Å². The molecule has 0 fully saturated rings. The van der Waals surface area contributed by atoms with Gasteiger partial charge in [0.1, 0.15) is 0 Å². The Labute approximate surface area is 174 Å². The van der Waals surface area contributed by atoms with Crippen LogP contribution in [0, 0.1) is 0 Å². The van der Waals surface area contributed by atoms with Crippen LogP contribution in [0.2, 0.25) is 0 Å². The van der Waals surface area contributed by atoms with E-state index in [1.807, 2.05) is 18.2 Å². The fourth-order valence-electron chi connectivity index (χ4n) is 3.06. The number of fused-ring (bicyclic) bond motifs is 1. The summed E-state index contributed by atoms with van der Waals surface area (Å²) in [4.78, 5) is 5.40. The molecule has 4 rings (SSSR count). The molecule has 154 valence electrons. The van der Waals surface area contributed by atoms with Gasteiger partial charge in [-0.15, -0.1) is 0 Å². The number of benzene rings is 2. The first-order valence-corrected chi connectivity index (χ1v) is 10.0. The lowest BCUT2D eigenvalue weighted by Gasteiger charge is -2.13. The van der Waals surface area contributed by atoms with E-state index >= 15 is 0 Å². The largest absolute Gasteiger partial charge is 0.416 e. The molecule has 1 atom stereocenters. The number of nitrogens with one attached hydrogen (secondary N) is 1. The summed E-state index contributed by atoms with van der Waals surface area (Å²) in [5, 5.41) is 13.7. The highest BCUT2D eigenvalue weighted by Gasteiger charge is 2.29. The fraction of sp³-hybridized carbons (Fsp3) is 0.190. The smallest absolute Gasteiger partial charge is 0.360 e. The molecule has 0 unspecified atom stereocenters. The maximum Gasteiger partial charge on any atom is 0.416 e. The van der Waals surface area contributed by atoms with Gasteiger partial charge in [0, 0.05) is 29.6 Å². The highest BCUT2D eigenvalue weighted by molar-refractivity contribution is 7.18. The molecule has 9 heteroatoms. The van der Waals surface area contributed by atoms with Crippen LogP contribution in [0.4, 0.5) is 18.3 Å². The lowest BCUT2D eigenvalue weighted by atomic mass is 10.0. The number of thiazole rings is 1. The molecule has 5 nitrogen and oxygen atoms in total. The summed E-state index contributed by atoms with van der Waals surface area (Å²) in [7, 11) is 0. The van der Waals surface area contributed by atoms with Crippen LogP contribution >= 0.6 is 11.3 Å². The van der Waals surface area contributed by atoms with Gasteiger partial charge in [-0.25, -0.2) is 4.98 Å². The van der Waals surface area contributed by atoms with Crippen LogP contribution in [0.15, 0.2) is 61.1 Å². The van der Waals surface area contributed by atoms with Gasteiger partial charge in [0.05, 0.1) is 22.8 Å². The third-order valence-corrected chi connectivity index (χ3v) is 5.64. The molecule has 0 spiro atoms. The van der Waals surface area contributed by atoms with E-state index in [1.54, 1.807) is 18.6 Å². The van der Waals surface area contributed by atoms with Crippen LogP contribution < -0.4 is 11.1 Å². The first-order chi connectivity index (χ1) is 14.4. The van der Waals surface area contributed by atoms with Gasteiger partial charge >= 0.3 is 6.18 Å². The normalized spacial score (nSPS) is 12.8. The molecule has 2 heterocycles. The van der Waals surface area contributed by atoms with Gasteiger partial charge < -0.3 is 11.1 Å². The standard InChI is InChI=1S/C21H18F3N5S/c22-21(23,24)17-5-1-13(2-6-17)7-18(25)11-26-20-27-12-19(30-20)14-3-4-15-9-28-29-10-16(15)8-14/h1-6,8-10,12,18H,7,11,25H2,(H,26,27)/t18-/m1/s1. The van der Waals surface area contributed by atoms with Crippen LogP contribution in [-0.4, -0.2) is 27.8 Å². The predicted octanol–water partition coefficient (Wildman–Crippen LogP) is 4.75. The van der Waals surface area contributed by atoms with Crippen molar-refractivity contribution in [2.24, 2.45) is 5.73 Å². The summed E-state index contributed by atoms with van der Waals surface area (Å²) in [6.45, 7) is 0.460. The second kappa shape index (κ2) is 8.37. The quantitative estimate of drug-likeness (QED) is 0.462. The maximum absolute atomic E-state index is 12.6. The molecule has 30 heavy (non-hydrogen) atoms. The van der Waals surface area contributed by atoms with Gasteiger partial charge in [0.2, 0.25) is 0 Å². The Balaban J connectivity index is 1.35. The van der Waals surface area contributed by atoms with Crippen molar-refractivity contribution in [3.63, 3.8) is 0 Å². The highest BCUT2D eigenvalue weighted by atomic mass is 32.1. The molecule has 0 aliphatic heterocycles.